The highest BCUT2D eigenvalue weighted by Gasteiger charge is 2.54. The van der Waals surface area contributed by atoms with Gasteiger partial charge in [0.2, 0.25) is 0 Å². The van der Waals surface area contributed by atoms with Crippen LogP contribution in [0.15, 0.2) is 0 Å². The molecule has 0 bridgehead atoms. The van der Waals surface area contributed by atoms with Crippen molar-refractivity contribution < 1.29 is 18.9 Å². The van der Waals surface area contributed by atoms with Gasteiger partial charge < -0.3 is 24.3 Å². The Bertz CT molecular complexity index is 519. The molecular weight excluding hydrogens is 342 g/mol. The van der Waals surface area contributed by atoms with Crippen LogP contribution >= 0.6 is 0 Å². The molecule has 5 heteroatoms. The van der Waals surface area contributed by atoms with E-state index in [1.54, 1.807) is 0 Å². The highest BCUT2D eigenvalue weighted by atomic mass is 16.6. The third-order valence-electron chi connectivity index (χ3n) is 8.90. The van der Waals surface area contributed by atoms with Gasteiger partial charge in [0.25, 0.3) is 0 Å². The minimum Gasteiger partial charge on any atom is -0.378 e. The maximum atomic E-state index is 6.41. The molecule has 6 rings (SSSR count). The fraction of sp³-hybridized carbons (Fsp3) is 1.00. The second-order valence-electron chi connectivity index (χ2n) is 10.8. The van der Waals surface area contributed by atoms with Crippen molar-refractivity contribution in [3.8, 4) is 0 Å². The Kier molecular flexibility index (Phi) is 4.18. The summed E-state index contributed by atoms with van der Waals surface area (Å²) < 4.78 is 24.6. The molecule has 152 valence electrons. The molecule has 0 aromatic carbocycles. The second-order valence-corrected chi connectivity index (χ2v) is 10.8. The molecule has 0 aromatic rings. The van der Waals surface area contributed by atoms with Gasteiger partial charge in [-0.25, -0.2) is 0 Å². The van der Waals surface area contributed by atoms with Crippen molar-refractivity contribution in [1.82, 2.24) is 5.32 Å². The maximum absolute atomic E-state index is 6.41. The van der Waals surface area contributed by atoms with Gasteiger partial charge in [-0.05, 0) is 62.8 Å². The molecule has 5 nitrogen and oxygen atoms in total. The topological polar surface area (TPSA) is 49.0 Å². The van der Waals surface area contributed by atoms with Crippen LogP contribution in [0, 0.1) is 22.7 Å². The molecule has 1 N–H and O–H groups in total. The van der Waals surface area contributed by atoms with Crippen LogP contribution in [0.25, 0.3) is 0 Å². The zero-order chi connectivity index (χ0) is 18.0. The van der Waals surface area contributed by atoms with Crippen molar-refractivity contribution in [3.05, 3.63) is 0 Å². The third kappa shape index (κ3) is 3.00. The first-order valence-corrected chi connectivity index (χ1v) is 11.3. The summed E-state index contributed by atoms with van der Waals surface area (Å²) in [5.41, 5.74) is 0.890. The molecule has 0 aromatic heterocycles. The van der Waals surface area contributed by atoms with E-state index < -0.39 is 0 Å². The van der Waals surface area contributed by atoms with Crippen molar-refractivity contribution in [3.63, 3.8) is 0 Å². The summed E-state index contributed by atoms with van der Waals surface area (Å²) in [5.74, 6) is 1.32. The Morgan fingerprint density at radius 3 is 2.44 bits per heavy atom. The summed E-state index contributed by atoms with van der Waals surface area (Å²) in [4.78, 5) is 0. The van der Waals surface area contributed by atoms with Crippen LogP contribution in [0.4, 0.5) is 0 Å². The lowest BCUT2D eigenvalue weighted by atomic mass is 9.77. The van der Waals surface area contributed by atoms with Crippen LogP contribution < -0.4 is 5.32 Å². The number of hydrogen-bond acceptors (Lipinski definition) is 5. The zero-order valence-electron chi connectivity index (χ0n) is 16.5. The van der Waals surface area contributed by atoms with Crippen molar-refractivity contribution >= 4 is 0 Å². The number of ether oxygens (including phenoxy) is 4. The van der Waals surface area contributed by atoms with Gasteiger partial charge in [0, 0.05) is 30.9 Å². The molecule has 3 spiro atoms. The number of nitrogens with one attached hydrogen (secondary N) is 1. The molecule has 27 heavy (non-hydrogen) atoms. The molecule has 0 amide bonds. The van der Waals surface area contributed by atoms with Crippen molar-refractivity contribution in [2.24, 2.45) is 22.7 Å². The lowest BCUT2D eigenvalue weighted by Crippen LogP contribution is -2.29. The van der Waals surface area contributed by atoms with Gasteiger partial charge >= 0.3 is 0 Å². The summed E-state index contributed by atoms with van der Waals surface area (Å²) in [6, 6.07) is 0. The first-order valence-electron chi connectivity index (χ1n) is 11.3. The predicted octanol–water partition coefficient (Wildman–Crippen LogP) is 2.53. The van der Waals surface area contributed by atoms with E-state index in [0.717, 1.165) is 51.8 Å². The molecule has 0 radical (unpaired) electrons. The van der Waals surface area contributed by atoms with E-state index in [1.807, 2.05) is 0 Å². The Balaban J connectivity index is 1.06. The second kappa shape index (κ2) is 6.40. The molecule has 7 atom stereocenters. The molecular formula is C22H35NO4. The zero-order valence-corrected chi connectivity index (χ0v) is 16.5. The van der Waals surface area contributed by atoms with E-state index in [4.69, 9.17) is 18.9 Å². The Labute approximate surface area is 162 Å². The maximum Gasteiger partial charge on any atom is 0.0941 e. The van der Waals surface area contributed by atoms with Crippen LogP contribution in [-0.4, -0.2) is 63.9 Å². The van der Waals surface area contributed by atoms with Crippen LogP contribution in [0.3, 0.4) is 0 Å². The molecule has 1 saturated carbocycles. The molecule has 6 aliphatic rings. The van der Waals surface area contributed by atoms with Gasteiger partial charge in [-0.15, -0.1) is 0 Å². The first-order chi connectivity index (χ1) is 13.2. The minimum atomic E-state index is 0.0172. The molecule has 5 saturated heterocycles. The summed E-state index contributed by atoms with van der Waals surface area (Å²) in [6.07, 6.45) is 10.9. The summed E-state index contributed by atoms with van der Waals surface area (Å²) in [5, 5.41) is 3.55. The fourth-order valence-corrected chi connectivity index (χ4v) is 7.22. The van der Waals surface area contributed by atoms with Crippen LogP contribution in [0.1, 0.15) is 51.4 Å². The summed E-state index contributed by atoms with van der Waals surface area (Å²) >= 11 is 0. The highest BCUT2D eigenvalue weighted by Crippen LogP contribution is 2.55. The average molecular weight is 378 g/mol. The van der Waals surface area contributed by atoms with E-state index in [1.165, 1.54) is 51.6 Å². The van der Waals surface area contributed by atoms with Gasteiger partial charge in [0.15, 0.2) is 0 Å². The Morgan fingerprint density at radius 2 is 1.63 bits per heavy atom. The smallest absolute Gasteiger partial charge is 0.0941 e. The molecule has 5 aliphatic heterocycles. The highest BCUT2D eigenvalue weighted by molar-refractivity contribution is 5.03. The standard InChI is InChI=1S/C22H35NO4/c1-2-20(7-16(1)18-10-21(14-26-18)3-5-23-12-21)9-19(25-13-20)17-8-22(27-11-17)4-6-24-15-22/h16-19,23H,1-15H2. The normalized spacial score (nSPS) is 55.1. The Morgan fingerprint density at radius 1 is 0.778 bits per heavy atom. The monoisotopic (exact) mass is 377 g/mol. The third-order valence-corrected chi connectivity index (χ3v) is 8.90. The average Bonchev–Trinajstić information content (AvgIpc) is 3.51. The molecule has 6 fully saturated rings. The van der Waals surface area contributed by atoms with Crippen molar-refractivity contribution in [1.29, 1.82) is 0 Å². The summed E-state index contributed by atoms with van der Waals surface area (Å²) in [7, 11) is 0. The van der Waals surface area contributed by atoms with E-state index in [9.17, 15) is 0 Å². The molecule has 5 heterocycles. The SMILES string of the molecule is C1CC2(CN1)COC(C1CCC3(COC(C4COC5(CCOC5)C4)C3)C1)C2. The molecule has 1 aliphatic carbocycles. The minimum absolute atomic E-state index is 0.0172. The molecule has 7 unspecified atom stereocenters. The van der Waals surface area contributed by atoms with E-state index in [2.05, 4.69) is 5.32 Å². The first kappa shape index (κ1) is 17.6. The predicted molar refractivity (Wildman–Crippen MR) is 101 cm³/mol. The van der Waals surface area contributed by atoms with Gasteiger partial charge in [0.1, 0.15) is 0 Å². The van der Waals surface area contributed by atoms with E-state index in [-0.39, 0.29) is 5.60 Å². The van der Waals surface area contributed by atoms with Gasteiger partial charge in [-0.1, -0.05) is 0 Å². The largest absolute Gasteiger partial charge is 0.378 e. The quantitative estimate of drug-likeness (QED) is 0.801. The fourth-order valence-electron chi connectivity index (χ4n) is 7.22. The lowest BCUT2D eigenvalue weighted by molar-refractivity contribution is -0.00660. The van der Waals surface area contributed by atoms with E-state index >= 15 is 0 Å². The van der Waals surface area contributed by atoms with Gasteiger partial charge in [-0.2, -0.15) is 0 Å². The van der Waals surface area contributed by atoms with Crippen LogP contribution in [0.5, 0.6) is 0 Å². The number of rotatable bonds is 2. The van der Waals surface area contributed by atoms with E-state index in [0.29, 0.717) is 29.0 Å². The van der Waals surface area contributed by atoms with Crippen molar-refractivity contribution in [2.45, 2.75) is 69.2 Å². The number of hydrogen-bond donors (Lipinski definition) is 1. The van der Waals surface area contributed by atoms with Crippen LogP contribution in [-0.2, 0) is 18.9 Å². The summed E-state index contributed by atoms with van der Waals surface area (Å²) in [6.45, 7) is 6.82. The van der Waals surface area contributed by atoms with Gasteiger partial charge in [0.05, 0.1) is 44.2 Å². The van der Waals surface area contributed by atoms with Gasteiger partial charge in [-0.3, -0.25) is 0 Å². The van der Waals surface area contributed by atoms with Crippen LogP contribution in [0.2, 0.25) is 0 Å². The van der Waals surface area contributed by atoms with Crippen molar-refractivity contribution in [2.75, 3.05) is 46.1 Å². The lowest BCUT2D eigenvalue weighted by Gasteiger charge is -2.25. The Hall–Kier alpha value is -0.200.